The molecule has 4 rings (SSSR count). The number of fused-ring (bicyclic) bond motifs is 1. The summed E-state index contributed by atoms with van der Waals surface area (Å²) in [4.78, 5) is 22.0. The number of piperidine rings is 1. The number of nitrogens with one attached hydrogen (secondary N) is 1. The number of imidazole rings is 1. The molecule has 0 radical (unpaired) electrons. The molecular weight excluding hydrogens is 294 g/mol. The Labute approximate surface area is 134 Å². The zero-order valence-electron chi connectivity index (χ0n) is 13.3. The second-order valence-corrected chi connectivity index (χ2v) is 6.34. The summed E-state index contributed by atoms with van der Waals surface area (Å²) in [6.45, 7) is 4.66. The molecule has 1 amide bonds. The maximum Gasteiger partial charge on any atom is 0.226 e. The van der Waals surface area contributed by atoms with Crippen LogP contribution in [0.1, 0.15) is 24.2 Å². The number of carbonyl (C=O) groups is 1. The highest BCUT2D eigenvalue weighted by molar-refractivity contribution is 5.82. The second kappa shape index (κ2) is 5.62. The fraction of sp³-hybridized carbons (Fsp3) is 0.529. The van der Waals surface area contributed by atoms with Crippen molar-refractivity contribution in [3.63, 3.8) is 0 Å². The molecule has 2 aromatic rings. The first-order valence-electron chi connectivity index (χ1n) is 8.15. The van der Waals surface area contributed by atoms with Crippen molar-refractivity contribution >= 4 is 16.9 Å². The Morgan fingerprint density at radius 2 is 2.04 bits per heavy atom. The lowest BCUT2D eigenvalue weighted by atomic mass is 10.0. The lowest BCUT2D eigenvalue weighted by Crippen LogP contribution is -2.47. The highest BCUT2D eigenvalue weighted by atomic mass is 16.7. The van der Waals surface area contributed by atoms with E-state index in [1.807, 2.05) is 30.0 Å². The number of hydrogen-bond acceptors (Lipinski definition) is 4. The molecule has 122 valence electrons. The van der Waals surface area contributed by atoms with Crippen molar-refractivity contribution in [3.05, 3.63) is 29.6 Å². The van der Waals surface area contributed by atoms with Gasteiger partial charge in [-0.15, -0.1) is 0 Å². The van der Waals surface area contributed by atoms with Crippen LogP contribution in [0.3, 0.4) is 0 Å². The van der Waals surface area contributed by atoms with Gasteiger partial charge in [0.2, 0.25) is 5.91 Å². The van der Waals surface area contributed by atoms with Gasteiger partial charge in [-0.05, 0) is 24.6 Å². The number of amides is 1. The first-order valence-corrected chi connectivity index (χ1v) is 8.15. The zero-order valence-corrected chi connectivity index (χ0v) is 13.3. The van der Waals surface area contributed by atoms with Gasteiger partial charge in [-0.3, -0.25) is 4.79 Å². The van der Waals surface area contributed by atoms with Crippen LogP contribution >= 0.6 is 0 Å². The van der Waals surface area contributed by atoms with Gasteiger partial charge in [-0.2, -0.15) is 0 Å². The normalized spacial score (nSPS) is 20.5. The molecule has 0 bridgehead atoms. The monoisotopic (exact) mass is 315 g/mol. The Hall–Kier alpha value is -1.92. The number of hydrogen-bond donors (Lipinski definition) is 1. The number of aromatic nitrogens is 2. The fourth-order valence-corrected chi connectivity index (χ4v) is 3.46. The Morgan fingerprint density at radius 3 is 2.78 bits per heavy atom. The number of aromatic amines is 1. The minimum Gasteiger partial charge on any atom is -0.347 e. The molecule has 1 spiro atoms. The number of benzene rings is 1. The smallest absolute Gasteiger partial charge is 0.226 e. The van der Waals surface area contributed by atoms with Gasteiger partial charge in [-0.25, -0.2) is 4.98 Å². The molecule has 1 N–H and O–H groups in total. The maximum absolute atomic E-state index is 12.5. The Morgan fingerprint density at radius 1 is 1.30 bits per heavy atom. The molecule has 0 atom stereocenters. The molecule has 2 saturated heterocycles. The average molecular weight is 315 g/mol. The van der Waals surface area contributed by atoms with Crippen LogP contribution in [0.25, 0.3) is 11.0 Å². The molecule has 2 fully saturated rings. The Balaban J connectivity index is 1.41. The summed E-state index contributed by atoms with van der Waals surface area (Å²) in [5.41, 5.74) is 2.94. The summed E-state index contributed by atoms with van der Waals surface area (Å²) in [6.07, 6.45) is 1.94. The van der Waals surface area contributed by atoms with Crippen molar-refractivity contribution in [1.29, 1.82) is 0 Å². The van der Waals surface area contributed by atoms with Crippen LogP contribution in [0.5, 0.6) is 0 Å². The van der Waals surface area contributed by atoms with Crippen LogP contribution in [0.4, 0.5) is 0 Å². The van der Waals surface area contributed by atoms with Gasteiger partial charge in [0.25, 0.3) is 0 Å². The van der Waals surface area contributed by atoms with Crippen LogP contribution in [0.15, 0.2) is 18.2 Å². The molecule has 3 heterocycles. The fourth-order valence-electron chi connectivity index (χ4n) is 3.46. The maximum atomic E-state index is 12.5. The number of likely N-dealkylation sites (tertiary alicyclic amines) is 1. The van der Waals surface area contributed by atoms with Gasteiger partial charge in [0, 0.05) is 25.9 Å². The van der Waals surface area contributed by atoms with Crippen molar-refractivity contribution in [1.82, 2.24) is 14.9 Å². The van der Waals surface area contributed by atoms with E-state index in [0.717, 1.165) is 35.3 Å². The average Bonchev–Trinajstić information content (AvgIpc) is 3.13. The predicted octanol–water partition coefficient (Wildman–Crippen LogP) is 1.78. The van der Waals surface area contributed by atoms with E-state index < -0.39 is 5.79 Å². The molecule has 0 saturated carbocycles. The first kappa shape index (κ1) is 14.7. The Bertz CT molecular complexity index is 724. The van der Waals surface area contributed by atoms with Gasteiger partial charge in [0.15, 0.2) is 5.79 Å². The third-order valence-electron chi connectivity index (χ3n) is 4.71. The largest absolute Gasteiger partial charge is 0.347 e. The van der Waals surface area contributed by atoms with E-state index in [2.05, 4.69) is 9.97 Å². The summed E-state index contributed by atoms with van der Waals surface area (Å²) in [6, 6.07) is 5.96. The summed E-state index contributed by atoms with van der Waals surface area (Å²) < 4.78 is 11.4. The van der Waals surface area contributed by atoms with E-state index >= 15 is 0 Å². The topological polar surface area (TPSA) is 67.5 Å². The van der Waals surface area contributed by atoms with E-state index in [4.69, 9.17) is 9.47 Å². The highest BCUT2D eigenvalue weighted by Crippen LogP contribution is 2.31. The molecule has 0 unspecified atom stereocenters. The number of carbonyl (C=O) groups excluding carboxylic acids is 1. The van der Waals surface area contributed by atoms with Crippen LogP contribution in [0, 0.1) is 6.92 Å². The van der Waals surface area contributed by atoms with Gasteiger partial charge in [-0.1, -0.05) is 6.07 Å². The molecule has 6 heteroatoms. The van der Waals surface area contributed by atoms with Gasteiger partial charge in [0.05, 0.1) is 30.7 Å². The van der Waals surface area contributed by atoms with Crippen LogP contribution < -0.4 is 0 Å². The van der Waals surface area contributed by atoms with Crippen molar-refractivity contribution in [2.45, 2.75) is 32.0 Å². The molecule has 23 heavy (non-hydrogen) atoms. The minimum absolute atomic E-state index is 0.161. The first-order chi connectivity index (χ1) is 11.1. The van der Waals surface area contributed by atoms with E-state index in [0.29, 0.717) is 32.7 Å². The second-order valence-electron chi connectivity index (χ2n) is 6.34. The van der Waals surface area contributed by atoms with Crippen LogP contribution in [-0.4, -0.2) is 52.9 Å². The number of H-pyrrole nitrogens is 1. The van der Waals surface area contributed by atoms with E-state index in [9.17, 15) is 4.79 Å². The molecule has 2 aliphatic heterocycles. The number of rotatable bonds is 2. The lowest BCUT2D eigenvalue weighted by molar-refractivity contribution is -0.187. The molecule has 1 aromatic carbocycles. The molecule has 6 nitrogen and oxygen atoms in total. The minimum atomic E-state index is -0.427. The third-order valence-corrected chi connectivity index (χ3v) is 4.71. The van der Waals surface area contributed by atoms with Crippen molar-refractivity contribution < 1.29 is 14.3 Å². The van der Waals surface area contributed by atoms with Gasteiger partial charge < -0.3 is 19.4 Å². The predicted molar refractivity (Wildman–Crippen MR) is 85.0 cm³/mol. The highest BCUT2D eigenvalue weighted by Gasteiger charge is 2.40. The van der Waals surface area contributed by atoms with Crippen molar-refractivity contribution in [2.75, 3.05) is 26.3 Å². The Kier molecular flexibility index (Phi) is 3.58. The van der Waals surface area contributed by atoms with Gasteiger partial charge >= 0.3 is 0 Å². The molecule has 2 aliphatic rings. The SMILES string of the molecule is Cc1nc2ccc(CC(=O)N3CCC4(CC3)OCCO4)cc2[nH]1. The standard InChI is InChI=1S/C17H21N3O3/c1-12-18-14-3-2-13(10-15(14)19-12)11-16(21)20-6-4-17(5-7-20)22-8-9-23-17/h2-3,10H,4-9,11H2,1H3,(H,18,19). The van der Waals surface area contributed by atoms with Crippen molar-refractivity contribution in [3.8, 4) is 0 Å². The summed E-state index contributed by atoms with van der Waals surface area (Å²) in [5.74, 6) is 0.623. The van der Waals surface area contributed by atoms with Gasteiger partial charge in [0.1, 0.15) is 5.82 Å². The number of ether oxygens (including phenoxy) is 2. The summed E-state index contributed by atoms with van der Waals surface area (Å²) >= 11 is 0. The zero-order chi connectivity index (χ0) is 15.9. The van der Waals surface area contributed by atoms with E-state index in [1.165, 1.54) is 0 Å². The summed E-state index contributed by atoms with van der Waals surface area (Å²) in [5, 5.41) is 0. The quantitative estimate of drug-likeness (QED) is 0.917. The molecular formula is C17H21N3O3. The lowest BCUT2D eigenvalue weighted by Gasteiger charge is -2.37. The molecule has 0 aliphatic carbocycles. The number of nitrogens with zero attached hydrogens (tertiary/aromatic N) is 2. The van der Waals surface area contributed by atoms with Crippen LogP contribution in [0.2, 0.25) is 0 Å². The van der Waals surface area contributed by atoms with E-state index in [1.54, 1.807) is 0 Å². The third kappa shape index (κ3) is 2.84. The van der Waals surface area contributed by atoms with Crippen molar-refractivity contribution in [2.24, 2.45) is 0 Å². The van der Waals surface area contributed by atoms with E-state index in [-0.39, 0.29) is 5.91 Å². The number of aryl methyl sites for hydroxylation is 1. The molecule has 1 aromatic heterocycles. The summed E-state index contributed by atoms with van der Waals surface area (Å²) in [7, 11) is 0. The van der Waals surface area contributed by atoms with Crippen LogP contribution in [-0.2, 0) is 20.7 Å².